The number of carbonyl (C=O) groups excluding carboxylic acids is 1. The Morgan fingerprint density at radius 3 is 2.29 bits per heavy atom. The molecule has 1 saturated heterocycles. The lowest BCUT2D eigenvalue weighted by Gasteiger charge is -2.31. The van der Waals surface area contributed by atoms with Crippen molar-refractivity contribution in [3.8, 4) is 0 Å². The van der Waals surface area contributed by atoms with Crippen LogP contribution >= 0.6 is 11.6 Å². The van der Waals surface area contributed by atoms with Crippen molar-refractivity contribution in [2.24, 2.45) is 0 Å². The van der Waals surface area contributed by atoms with Crippen LogP contribution in [0.15, 0.2) is 54.6 Å². The minimum Gasteiger partial charge on any atom is -0.347 e. The molecule has 0 radical (unpaired) electrons. The van der Waals surface area contributed by atoms with Gasteiger partial charge in [-0.25, -0.2) is 8.42 Å². The van der Waals surface area contributed by atoms with Crippen LogP contribution in [-0.2, 0) is 27.1 Å². The Morgan fingerprint density at radius 1 is 1.00 bits per heavy atom. The average Bonchev–Trinajstić information content (AvgIpc) is 2.68. The number of nitrogens with one attached hydrogen (secondary N) is 2. The summed E-state index contributed by atoms with van der Waals surface area (Å²) in [4.78, 5) is 13.3. The van der Waals surface area contributed by atoms with E-state index in [1.54, 1.807) is 12.1 Å². The third-order valence-electron chi connectivity index (χ3n) is 4.83. The fourth-order valence-electron chi connectivity index (χ4n) is 3.23. The lowest BCUT2D eigenvalue weighted by molar-refractivity contribution is -0.895. The fraction of sp³-hybridized carbons (Fsp3) is 0.350. The normalized spacial score (nSPS) is 16.0. The number of benzene rings is 2. The summed E-state index contributed by atoms with van der Waals surface area (Å²) in [5, 5.41) is 3.57. The van der Waals surface area contributed by atoms with Crippen molar-refractivity contribution >= 4 is 27.5 Å². The molecule has 6 nitrogen and oxygen atoms in total. The lowest BCUT2D eigenvalue weighted by atomic mass is 10.2. The number of amides is 1. The second-order valence-electron chi connectivity index (χ2n) is 6.97. The van der Waals surface area contributed by atoms with Crippen LogP contribution in [0.1, 0.15) is 11.1 Å². The summed E-state index contributed by atoms with van der Waals surface area (Å²) in [6.07, 6.45) is 0. The second kappa shape index (κ2) is 9.52. The Hall–Kier alpha value is -1.93. The van der Waals surface area contributed by atoms with Crippen molar-refractivity contribution in [2.75, 3.05) is 32.7 Å². The molecule has 0 saturated carbocycles. The van der Waals surface area contributed by atoms with Gasteiger partial charge in [-0.2, -0.15) is 4.31 Å². The van der Waals surface area contributed by atoms with E-state index in [1.807, 2.05) is 42.5 Å². The second-order valence-corrected chi connectivity index (χ2v) is 9.38. The van der Waals surface area contributed by atoms with Crippen molar-refractivity contribution in [3.05, 3.63) is 70.7 Å². The molecule has 2 aromatic rings. The molecule has 1 fully saturated rings. The zero-order chi connectivity index (χ0) is 20.0. The van der Waals surface area contributed by atoms with Crippen LogP contribution < -0.4 is 10.2 Å². The highest BCUT2D eigenvalue weighted by molar-refractivity contribution is 7.88. The molecule has 0 bridgehead atoms. The summed E-state index contributed by atoms with van der Waals surface area (Å²) < 4.78 is 26.7. The van der Waals surface area contributed by atoms with E-state index < -0.39 is 10.0 Å². The lowest BCUT2D eigenvalue weighted by Crippen LogP contribution is -3.15. The number of halogens is 1. The highest BCUT2D eigenvalue weighted by Gasteiger charge is 2.29. The summed E-state index contributed by atoms with van der Waals surface area (Å²) in [7, 11) is -3.33. The van der Waals surface area contributed by atoms with Crippen LogP contribution in [0.25, 0.3) is 0 Å². The summed E-state index contributed by atoms with van der Waals surface area (Å²) >= 11 is 5.85. The summed E-state index contributed by atoms with van der Waals surface area (Å²) in [6.45, 7) is 2.94. The molecule has 2 N–H and O–H groups in total. The van der Waals surface area contributed by atoms with E-state index in [4.69, 9.17) is 11.6 Å². The third kappa shape index (κ3) is 6.04. The van der Waals surface area contributed by atoms with Crippen LogP contribution in [0, 0.1) is 0 Å². The van der Waals surface area contributed by atoms with E-state index in [2.05, 4.69) is 5.32 Å². The van der Waals surface area contributed by atoms with Gasteiger partial charge in [0.1, 0.15) is 0 Å². The molecule has 0 aliphatic carbocycles. The zero-order valence-corrected chi connectivity index (χ0v) is 17.2. The number of rotatable bonds is 7. The van der Waals surface area contributed by atoms with Crippen molar-refractivity contribution in [1.29, 1.82) is 0 Å². The maximum Gasteiger partial charge on any atom is 0.275 e. The minimum absolute atomic E-state index is 0.0186. The van der Waals surface area contributed by atoms with Crippen molar-refractivity contribution in [1.82, 2.24) is 9.62 Å². The van der Waals surface area contributed by atoms with Gasteiger partial charge in [-0.3, -0.25) is 4.79 Å². The predicted octanol–water partition coefficient (Wildman–Crippen LogP) is 0.687. The highest BCUT2D eigenvalue weighted by Crippen LogP contribution is 2.11. The van der Waals surface area contributed by atoms with Gasteiger partial charge in [-0.15, -0.1) is 0 Å². The Balaban J connectivity index is 1.43. The number of sulfonamides is 1. The number of hydrogen-bond acceptors (Lipinski definition) is 3. The molecule has 1 aliphatic heterocycles. The zero-order valence-electron chi connectivity index (χ0n) is 15.6. The van der Waals surface area contributed by atoms with E-state index in [-0.39, 0.29) is 11.7 Å². The first-order valence-corrected chi connectivity index (χ1v) is 11.3. The van der Waals surface area contributed by atoms with Gasteiger partial charge in [-0.1, -0.05) is 54.1 Å². The number of quaternary nitrogens is 1. The number of hydrogen-bond donors (Lipinski definition) is 2. The molecular weight excluding hydrogens is 398 g/mol. The Kier molecular flexibility index (Phi) is 7.07. The Morgan fingerprint density at radius 2 is 1.64 bits per heavy atom. The molecule has 1 aliphatic rings. The highest BCUT2D eigenvalue weighted by atomic mass is 35.5. The Labute approximate surface area is 171 Å². The average molecular weight is 423 g/mol. The third-order valence-corrected chi connectivity index (χ3v) is 6.93. The quantitative estimate of drug-likeness (QED) is 0.689. The van der Waals surface area contributed by atoms with Gasteiger partial charge in [-0.05, 0) is 23.3 Å². The van der Waals surface area contributed by atoms with E-state index in [1.165, 1.54) is 4.31 Å². The summed E-state index contributed by atoms with van der Waals surface area (Å²) in [5.41, 5.74) is 1.78. The molecule has 1 heterocycles. The van der Waals surface area contributed by atoms with E-state index >= 15 is 0 Å². The topological polar surface area (TPSA) is 70.9 Å². The number of nitrogens with zero attached hydrogens (tertiary/aromatic N) is 1. The van der Waals surface area contributed by atoms with Crippen LogP contribution in [-0.4, -0.2) is 51.4 Å². The van der Waals surface area contributed by atoms with Gasteiger partial charge < -0.3 is 10.2 Å². The number of carbonyl (C=O) groups is 1. The molecule has 150 valence electrons. The smallest absolute Gasteiger partial charge is 0.275 e. The fourth-order valence-corrected chi connectivity index (χ4v) is 4.89. The standard InChI is InChI=1S/C20H24ClN3O3S/c21-19-8-6-17(7-9-19)14-22-20(25)15-23-10-12-24(13-11-23)28(26,27)16-18-4-2-1-3-5-18/h1-9H,10-16H2,(H,22,25)/p+1. The van der Waals surface area contributed by atoms with Crippen molar-refractivity contribution < 1.29 is 18.1 Å². The molecule has 3 rings (SSSR count). The van der Waals surface area contributed by atoms with E-state index in [9.17, 15) is 13.2 Å². The molecule has 0 atom stereocenters. The van der Waals surface area contributed by atoms with E-state index in [0.717, 1.165) is 16.0 Å². The monoisotopic (exact) mass is 422 g/mol. The van der Waals surface area contributed by atoms with Crippen LogP contribution in [0.5, 0.6) is 0 Å². The molecule has 0 unspecified atom stereocenters. The first kappa shape index (κ1) is 20.8. The molecule has 2 aromatic carbocycles. The van der Waals surface area contributed by atoms with E-state index in [0.29, 0.717) is 44.3 Å². The minimum atomic E-state index is -3.33. The van der Waals surface area contributed by atoms with Gasteiger partial charge in [0.25, 0.3) is 5.91 Å². The van der Waals surface area contributed by atoms with Gasteiger partial charge in [0.05, 0.1) is 31.9 Å². The van der Waals surface area contributed by atoms with Gasteiger partial charge in [0, 0.05) is 11.6 Å². The van der Waals surface area contributed by atoms with Gasteiger partial charge in [0.2, 0.25) is 10.0 Å². The molecule has 8 heteroatoms. The van der Waals surface area contributed by atoms with Crippen LogP contribution in [0.2, 0.25) is 5.02 Å². The summed E-state index contributed by atoms with van der Waals surface area (Å²) in [6, 6.07) is 16.6. The first-order chi connectivity index (χ1) is 13.4. The SMILES string of the molecule is O=C(C[NH+]1CCN(S(=O)(=O)Cc2ccccc2)CC1)NCc1ccc(Cl)cc1. The number of piperazine rings is 1. The van der Waals surface area contributed by atoms with Gasteiger partial charge >= 0.3 is 0 Å². The molecule has 0 spiro atoms. The largest absolute Gasteiger partial charge is 0.347 e. The van der Waals surface area contributed by atoms with Gasteiger partial charge in [0.15, 0.2) is 6.54 Å². The molecule has 28 heavy (non-hydrogen) atoms. The molecule has 1 amide bonds. The predicted molar refractivity (Wildman–Crippen MR) is 110 cm³/mol. The van der Waals surface area contributed by atoms with Crippen LogP contribution in [0.3, 0.4) is 0 Å². The Bertz CT molecular complexity index is 881. The summed E-state index contributed by atoms with van der Waals surface area (Å²) in [5.74, 6) is -0.0179. The van der Waals surface area contributed by atoms with Crippen LogP contribution in [0.4, 0.5) is 0 Å². The van der Waals surface area contributed by atoms with Crippen molar-refractivity contribution in [2.45, 2.75) is 12.3 Å². The molecule has 0 aromatic heterocycles. The van der Waals surface area contributed by atoms with Crippen molar-refractivity contribution in [3.63, 3.8) is 0 Å². The first-order valence-electron chi connectivity index (χ1n) is 9.29. The maximum atomic E-state index is 12.6. The molecular formula is C20H25ClN3O3S+. The maximum absolute atomic E-state index is 12.6.